The maximum Gasteiger partial charge on any atom is 0.318 e. The lowest BCUT2D eigenvalue weighted by atomic mass is 9.86. The monoisotopic (exact) mass is 382 g/mol. The van der Waals surface area contributed by atoms with Crippen molar-refractivity contribution >= 4 is 11.9 Å². The number of hydrogen-bond donors (Lipinski definition) is 2. The molecule has 0 saturated carbocycles. The number of carbonyl (C=O) groups excluding carboxylic acids is 2. The zero-order chi connectivity index (χ0) is 19.6. The third-order valence-corrected chi connectivity index (χ3v) is 5.75. The molecule has 2 fully saturated rings. The molecule has 1 atom stereocenters. The smallest absolute Gasteiger partial charge is 0.318 e. The van der Waals surface area contributed by atoms with Crippen LogP contribution in [0.1, 0.15) is 42.9 Å². The molecule has 1 unspecified atom stereocenters. The molecular formula is C21H23FN4O2. The number of hydrogen-bond acceptors (Lipinski definition) is 3. The molecule has 28 heavy (non-hydrogen) atoms. The molecule has 0 bridgehead atoms. The predicted octanol–water partition coefficient (Wildman–Crippen LogP) is 2.76. The number of amides is 3. The molecule has 2 N–H and O–H groups in total. The maximum absolute atomic E-state index is 13.3. The van der Waals surface area contributed by atoms with Crippen molar-refractivity contribution in [2.24, 2.45) is 0 Å². The Bertz CT molecular complexity index is 848. The van der Waals surface area contributed by atoms with E-state index >= 15 is 0 Å². The summed E-state index contributed by atoms with van der Waals surface area (Å²) in [6, 6.07) is 9.27. The highest BCUT2D eigenvalue weighted by atomic mass is 19.1. The summed E-state index contributed by atoms with van der Waals surface area (Å²) in [7, 11) is 0. The Morgan fingerprint density at radius 2 is 1.71 bits per heavy atom. The van der Waals surface area contributed by atoms with E-state index in [1.54, 1.807) is 29.4 Å². The Labute approximate surface area is 163 Å². The normalized spacial score (nSPS) is 19.3. The lowest BCUT2D eigenvalue weighted by Crippen LogP contribution is -2.54. The second kappa shape index (κ2) is 7.58. The number of nitrogens with one attached hydrogen (secondary N) is 2. The van der Waals surface area contributed by atoms with E-state index in [0.717, 1.165) is 30.4 Å². The lowest BCUT2D eigenvalue weighted by Gasteiger charge is -2.39. The van der Waals surface area contributed by atoms with Crippen LogP contribution in [0.4, 0.5) is 9.18 Å². The molecule has 3 heterocycles. The van der Waals surface area contributed by atoms with Gasteiger partial charge in [0.05, 0.1) is 6.04 Å². The van der Waals surface area contributed by atoms with Crippen LogP contribution in [0, 0.1) is 5.82 Å². The van der Waals surface area contributed by atoms with E-state index < -0.39 is 6.04 Å². The zero-order valence-electron chi connectivity index (χ0n) is 15.5. The number of carbonyl (C=O) groups is 2. The first-order chi connectivity index (χ1) is 13.5. The van der Waals surface area contributed by atoms with Crippen LogP contribution >= 0.6 is 0 Å². The molecule has 146 valence electrons. The summed E-state index contributed by atoms with van der Waals surface area (Å²) in [5.74, 6) is -0.213. The van der Waals surface area contributed by atoms with Crippen LogP contribution in [0.2, 0.25) is 0 Å². The number of likely N-dealkylation sites (tertiary alicyclic amines) is 1. The summed E-state index contributed by atoms with van der Waals surface area (Å²) in [6.07, 6.45) is 6.29. The molecule has 1 aromatic heterocycles. The van der Waals surface area contributed by atoms with E-state index in [-0.39, 0.29) is 23.3 Å². The Kier molecular flexibility index (Phi) is 4.98. The van der Waals surface area contributed by atoms with Gasteiger partial charge in [0.15, 0.2) is 0 Å². The van der Waals surface area contributed by atoms with Gasteiger partial charge in [0.2, 0.25) is 5.91 Å². The van der Waals surface area contributed by atoms with Gasteiger partial charge in [-0.25, -0.2) is 9.18 Å². The Morgan fingerprint density at radius 3 is 2.32 bits per heavy atom. The Morgan fingerprint density at radius 1 is 1.07 bits per heavy atom. The number of aromatic nitrogens is 1. The number of pyridine rings is 1. The highest BCUT2D eigenvalue weighted by molar-refractivity contribution is 5.80. The maximum atomic E-state index is 13.3. The average Bonchev–Trinajstić information content (AvgIpc) is 3.08. The van der Waals surface area contributed by atoms with Gasteiger partial charge in [0.1, 0.15) is 5.82 Å². The quantitative estimate of drug-likeness (QED) is 0.857. The van der Waals surface area contributed by atoms with Crippen molar-refractivity contribution < 1.29 is 14.0 Å². The summed E-state index contributed by atoms with van der Waals surface area (Å²) in [5.41, 5.74) is 1.54. The van der Waals surface area contributed by atoms with Crippen LogP contribution in [0.3, 0.4) is 0 Å². The number of nitrogens with zero attached hydrogens (tertiary/aromatic N) is 2. The second-order valence-corrected chi connectivity index (χ2v) is 7.53. The number of piperidine rings is 1. The van der Waals surface area contributed by atoms with Crippen molar-refractivity contribution in [3.63, 3.8) is 0 Å². The second-order valence-electron chi connectivity index (χ2n) is 7.53. The van der Waals surface area contributed by atoms with E-state index in [0.29, 0.717) is 19.5 Å². The predicted molar refractivity (Wildman–Crippen MR) is 102 cm³/mol. The number of urea groups is 1. The van der Waals surface area contributed by atoms with E-state index in [9.17, 15) is 14.0 Å². The highest BCUT2D eigenvalue weighted by Gasteiger charge is 2.41. The molecule has 4 rings (SSSR count). The molecule has 0 radical (unpaired) electrons. The molecule has 0 aliphatic carbocycles. The molecular weight excluding hydrogens is 359 g/mol. The molecule has 2 saturated heterocycles. The van der Waals surface area contributed by atoms with Crippen molar-refractivity contribution in [2.75, 3.05) is 13.1 Å². The van der Waals surface area contributed by atoms with Crippen molar-refractivity contribution in [2.45, 2.75) is 37.3 Å². The van der Waals surface area contributed by atoms with Gasteiger partial charge in [0.25, 0.3) is 0 Å². The standard InChI is InChI=1S/C21H23FN4O2/c22-17-3-1-15(2-4-17)19(16-6-11-23-12-7-16)24-20(28)26-13-9-21(10-14-26)8-5-18(27)25-21/h1-4,6-7,11-12,19H,5,8-10,13-14H2,(H,24,28)(H,25,27). The first kappa shape index (κ1) is 18.4. The topological polar surface area (TPSA) is 74.3 Å². The summed E-state index contributed by atoms with van der Waals surface area (Å²) in [6.45, 7) is 1.19. The minimum absolute atomic E-state index is 0.104. The average molecular weight is 382 g/mol. The van der Waals surface area contributed by atoms with E-state index in [4.69, 9.17) is 0 Å². The van der Waals surface area contributed by atoms with Crippen molar-refractivity contribution in [1.29, 1.82) is 0 Å². The molecule has 1 spiro atoms. The first-order valence-electron chi connectivity index (χ1n) is 9.57. The molecule has 2 aliphatic rings. The van der Waals surface area contributed by atoms with E-state index in [1.807, 2.05) is 12.1 Å². The van der Waals surface area contributed by atoms with E-state index in [1.165, 1.54) is 12.1 Å². The molecule has 6 nitrogen and oxygen atoms in total. The van der Waals surface area contributed by atoms with Crippen molar-refractivity contribution in [1.82, 2.24) is 20.5 Å². The SMILES string of the molecule is O=C1CCC2(CCN(C(=O)NC(c3ccncc3)c3ccc(F)cc3)CC2)N1. The highest BCUT2D eigenvalue weighted by Crippen LogP contribution is 2.31. The lowest BCUT2D eigenvalue weighted by molar-refractivity contribution is -0.120. The van der Waals surface area contributed by atoms with Gasteiger partial charge in [-0.2, -0.15) is 0 Å². The van der Waals surface area contributed by atoms with Crippen LogP contribution < -0.4 is 10.6 Å². The zero-order valence-corrected chi connectivity index (χ0v) is 15.5. The number of halogens is 1. The van der Waals surface area contributed by atoms with Gasteiger partial charge in [-0.1, -0.05) is 12.1 Å². The largest absolute Gasteiger partial charge is 0.351 e. The summed E-state index contributed by atoms with van der Waals surface area (Å²) >= 11 is 0. The van der Waals surface area contributed by atoms with Crippen LogP contribution in [-0.4, -0.2) is 40.5 Å². The van der Waals surface area contributed by atoms with Crippen molar-refractivity contribution in [3.05, 3.63) is 65.7 Å². The first-order valence-corrected chi connectivity index (χ1v) is 9.57. The molecule has 7 heteroatoms. The fourth-order valence-electron chi connectivity index (χ4n) is 4.07. The van der Waals surface area contributed by atoms with Gasteiger partial charge >= 0.3 is 6.03 Å². The molecule has 1 aromatic carbocycles. The minimum atomic E-state index is -0.391. The van der Waals surface area contributed by atoms with Crippen LogP contribution in [0.5, 0.6) is 0 Å². The van der Waals surface area contributed by atoms with Crippen LogP contribution in [0.25, 0.3) is 0 Å². The molecule has 3 amide bonds. The fourth-order valence-corrected chi connectivity index (χ4v) is 4.07. The number of benzene rings is 1. The third kappa shape index (κ3) is 3.83. The molecule has 2 aromatic rings. The Hall–Kier alpha value is -2.96. The fraction of sp³-hybridized carbons (Fsp3) is 0.381. The minimum Gasteiger partial charge on any atom is -0.351 e. The molecule has 2 aliphatic heterocycles. The van der Waals surface area contributed by atoms with Gasteiger partial charge in [-0.05, 0) is 54.7 Å². The van der Waals surface area contributed by atoms with Gasteiger partial charge in [-0.15, -0.1) is 0 Å². The van der Waals surface area contributed by atoms with Gasteiger partial charge < -0.3 is 15.5 Å². The van der Waals surface area contributed by atoms with Gasteiger partial charge in [0, 0.05) is 37.4 Å². The summed E-state index contributed by atoms with van der Waals surface area (Å²) in [5, 5.41) is 6.16. The van der Waals surface area contributed by atoms with Gasteiger partial charge in [-0.3, -0.25) is 9.78 Å². The summed E-state index contributed by atoms with van der Waals surface area (Å²) in [4.78, 5) is 30.3. The summed E-state index contributed by atoms with van der Waals surface area (Å²) < 4.78 is 13.3. The number of rotatable bonds is 3. The van der Waals surface area contributed by atoms with Crippen molar-refractivity contribution in [3.8, 4) is 0 Å². The van der Waals surface area contributed by atoms with Crippen LogP contribution in [-0.2, 0) is 4.79 Å². The Balaban J connectivity index is 1.47. The third-order valence-electron chi connectivity index (χ3n) is 5.75. The van der Waals surface area contributed by atoms with E-state index in [2.05, 4.69) is 15.6 Å². The van der Waals surface area contributed by atoms with Crippen LogP contribution in [0.15, 0.2) is 48.8 Å².